The maximum absolute atomic E-state index is 11.1. The van der Waals surface area contributed by atoms with Gasteiger partial charge in [-0.2, -0.15) is 0 Å². The average molecular weight is 200 g/mol. The van der Waals surface area contributed by atoms with Crippen LogP contribution in [0.25, 0.3) is 0 Å². The zero-order valence-corrected chi connectivity index (χ0v) is 8.31. The summed E-state index contributed by atoms with van der Waals surface area (Å²) in [7, 11) is 0. The van der Waals surface area contributed by atoms with Gasteiger partial charge in [-0.25, -0.2) is 4.79 Å². The molecule has 0 unspecified atom stereocenters. The van der Waals surface area contributed by atoms with E-state index >= 15 is 0 Å². The second-order valence-corrected chi connectivity index (χ2v) is 3.56. The van der Waals surface area contributed by atoms with Crippen molar-refractivity contribution in [2.75, 3.05) is 0 Å². The molecule has 0 radical (unpaired) electrons. The summed E-state index contributed by atoms with van der Waals surface area (Å²) in [5, 5.41) is 9.11. The first-order valence-corrected chi connectivity index (χ1v) is 4.94. The van der Waals surface area contributed by atoms with E-state index in [2.05, 4.69) is 0 Å². The molecule has 0 aromatic rings. The Labute approximate surface area is 88.6 Å². The van der Waals surface area contributed by atoms with Gasteiger partial charge in [0.25, 0.3) is 0 Å². The van der Waals surface area contributed by atoms with E-state index in [1.165, 1.54) is 0 Å². The van der Waals surface area contributed by atoms with Gasteiger partial charge in [0.1, 0.15) is 0 Å². The maximum Gasteiger partial charge on any atom is 0.335 e. The number of carbonyl (C=O) groups is 1. The first-order chi connectivity index (χ1) is 7.27. The number of allylic oxidation sites excluding steroid dienone is 8. The molecule has 0 aromatic carbocycles. The van der Waals surface area contributed by atoms with Crippen molar-refractivity contribution < 1.29 is 9.90 Å². The van der Waals surface area contributed by atoms with Crippen molar-refractivity contribution in [2.45, 2.75) is 12.8 Å². The Hall–Kier alpha value is -1.83. The number of rotatable bonds is 3. The van der Waals surface area contributed by atoms with Crippen LogP contribution in [0, 0.1) is 0 Å². The van der Waals surface area contributed by atoms with Crippen molar-refractivity contribution in [3.8, 4) is 0 Å². The summed E-state index contributed by atoms with van der Waals surface area (Å²) in [5.41, 5.74) is 2.35. The average Bonchev–Trinajstić information content (AvgIpc) is 2.87. The highest BCUT2D eigenvalue weighted by Crippen LogP contribution is 2.23. The smallest absolute Gasteiger partial charge is 0.335 e. The summed E-state index contributed by atoms with van der Waals surface area (Å²) in [4.78, 5) is 11.1. The van der Waals surface area contributed by atoms with Gasteiger partial charge in [0.2, 0.25) is 0 Å². The van der Waals surface area contributed by atoms with E-state index in [9.17, 15) is 4.79 Å². The summed E-state index contributed by atoms with van der Waals surface area (Å²) in [5.74, 6) is -0.849. The van der Waals surface area contributed by atoms with Gasteiger partial charge in [-0.1, -0.05) is 36.5 Å². The van der Waals surface area contributed by atoms with Crippen LogP contribution in [0.5, 0.6) is 0 Å². The molecule has 0 spiro atoms. The van der Waals surface area contributed by atoms with Crippen LogP contribution in [0.4, 0.5) is 0 Å². The number of hydrogen-bond donors (Lipinski definition) is 1. The van der Waals surface area contributed by atoms with Crippen LogP contribution in [0.2, 0.25) is 0 Å². The molecule has 0 saturated heterocycles. The lowest BCUT2D eigenvalue weighted by Gasteiger charge is -2.03. The van der Waals surface area contributed by atoms with Gasteiger partial charge in [-0.05, 0) is 30.1 Å². The Kier molecular flexibility index (Phi) is 2.68. The van der Waals surface area contributed by atoms with Crippen molar-refractivity contribution in [1.82, 2.24) is 0 Å². The lowest BCUT2D eigenvalue weighted by Crippen LogP contribution is -2.03. The summed E-state index contributed by atoms with van der Waals surface area (Å²) < 4.78 is 0. The third kappa shape index (κ3) is 2.15. The molecular formula is C13H12O2. The summed E-state index contributed by atoms with van der Waals surface area (Å²) >= 11 is 0. The molecule has 1 N–H and O–H groups in total. The molecule has 15 heavy (non-hydrogen) atoms. The van der Waals surface area contributed by atoms with Crippen LogP contribution in [0.1, 0.15) is 12.8 Å². The maximum atomic E-state index is 11.1. The molecule has 0 heterocycles. The van der Waals surface area contributed by atoms with E-state index in [0.717, 1.165) is 24.0 Å². The number of carboxylic acids is 1. The van der Waals surface area contributed by atoms with Gasteiger partial charge in [-0.15, -0.1) is 0 Å². The lowest BCUT2D eigenvalue weighted by molar-refractivity contribution is -0.132. The predicted octanol–water partition coefficient (Wildman–Crippen LogP) is 2.77. The molecule has 0 aliphatic heterocycles. The fraction of sp³-hybridized carbons (Fsp3) is 0.154. The molecule has 2 rings (SSSR count). The Bertz CT molecular complexity index is 431. The standard InChI is InChI=1S/C13H12O2/c14-13(15)12(11-7-3-4-8-11)9-10-5-1-2-6-10/h1-5,7,9H,6,8H2,(H,14,15)/b12-9+. The minimum Gasteiger partial charge on any atom is -0.478 e. The van der Waals surface area contributed by atoms with Crippen LogP contribution >= 0.6 is 0 Å². The SMILES string of the molecule is O=C(O)/C(=C/C1=CC=CC1)C1=CC=CC1. The fourth-order valence-electron chi connectivity index (χ4n) is 1.70. The van der Waals surface area contributed by atoms with Crippen molar-refractivity contribution in [3.05, 3.63) is 59.3 Å². The third-order valence-electron chi connectivity index (χ3n) is 2.48. The van der Waals surface area contributed by atoms with E-state index in [1.807, 2.05) is 36.5 Å². The number of hydrogen-bond acceptors (Lipinski definition) is 1. The highest BCUT2D eigenvalue weighted by molar-refractivity contribution is 5.93. The molecule has 2 aliphatic carbocycles. The van der Waals surface area contributed by atoms with Crippen molar-refractivity contribution in [3.63, 3.8) is 0 Å². The van der Waals surface area contributed by atoms with Gasteiger partial charge in [-0.3, -0.25) is 0 Å². The fourth-order valence-corrected chi connectivity index (χ4v) is 1.70. The predicted molar refractivity (Wildman–Crippen MR) is 59.4 cm³/mol. The monoisotopic (exact) mass is 200 g/mol. The van der Waals surface area contributed by atoms with Crippen molar-refractivity contribution >= 4 is 5.97 Å². The molecule has 2 nitrogen and oxygen atoms in total. The van der Waals surface area contributed by atoms with Crippen LogP contribution in [0.3, 0.4) is 0 Å². The molecule has 0 bridgehead atoms. The highest BCUT2D eigenvalue weighted by atomic mass is 16.4. The zero-order valence-electron chi connectivity index (χ0n) is 8.31. The third-order valence-corrected chi connectivity index (χ3v) is 2.48. The zero-order chi connectivity index (χ0) is 10.7. The largest absolute Gasteiger partial charge is 0.478 e. The molecule has 2 heteroatoms. The quantitative estimate of drug-likeness (QED) is 0.711. The molecule has 0 saturated carbocycles. The van der Waals surface area contributed by atoms with Gasteiger partial charge < -0.3 is 5.11 Å². The molecule has 2 aliphatic rings. The second kappa shape index (κ2) is 4.13. The molecule has 76 valence electrons. The van der Waals surface area contributed by atoms with Gasteiger partial charge in [0.15, 0.2) is 0 Å². The molecule has 0 amide bonds. The van der Waals surface area contributed by atoms with E-state index in [-0.39, 0.29) is 0 Å². The second-order valence-electron chi connectivity index (χ2n) is 3.56. The topological polar surface area (TPSA) is 37.3 Å². The van der Waals surface area contributed by atoms with Gasteiger partial charge in [0, 0.05) is 0 Å². The number of carboxylic acid groups (broad SMARTS) is 1. The van der Waals surface area contributed by atoms with Crippen LogP contribution < -0.4 is 0 Å². The highest BCUT2D eigenvalue weighted by Gasteiger charge is 2.14. The Morgan fingerprint density at radius 2 is 1.93 bits per heavy atom. The lowest BCUT2D eigenvalue weighted by atomic mass is 10.0. The van der Waals surface area contributed by atoms with Gasteiger partial charge >= 0.3 is 5.97 Å². The first-order valence-electron chi connectivity index (χ1n) is 4.94. The van der Waals surface area contributed by atoms with Crippen LogP contribution in [-0.4, -0.2) is 11.1 Å². The summed E-state index contributed by atoms with van der Waals surface area (Å²) in [6.07, 6.45) is 15.0. The Morgan fingerprint density at radius 1 is 1.20 bits per heavy atom. The molecule has 0 aromatic heterocycles. The van der Waals surface area contributed by atoms with E-state index < -0.39 is 5.97 Å². The van der Waals surface area contributed by atoms with E-state index in [0.29, 0.717) is 5.57 Å². The normalized spacial score (nSPS) is 19.3. The number of aliphatic carboxylic acids is 1. The van der Waals surface area contributed by atoms with Crippen molar-refractivity contribution in [2.24, 2.45) is 0 Å². The van der Waals surface area contributed by atoms with Crippen molar-refractivity contribution in [1.29, 1.82) is 0 Å². The molecular weight excluding hydrogens is 188 g/mol. The minimum absolute atomic E-state index is 0.412. The van der Waals surface area contributed by atoms with E-state index in [1.54, 1.807) is 6.08 Å². The molecule has 0 atom stereocenters. The summed E-state index contributed by atoms with van der Waals surface area (Å²) in [6, 6.07) is 0. The van der Waals surface area contributed by atoms with Crippen LogP contribution in [-0.2, 0) is 4.79 Å². The Balaban J connectivity index is 2.23. The van der Waals surface area contributed by atoms with E-state index in [4.69, 9.17) is 5.11 Å². The Morgan fingerprint density at radius 3 is 2.47 bits per heavy atom. The van der Waals surface area contributed by atoms with Crippen LogP contribution in [0.15, 0.2) is 59.3 Å². The molecule has 0 fully saturated rings. The van der Waals surface area contributed by atoms with Gasteiger partial charge in [0.05, 0.1) is 5.57 Å². The summed E-state index contributed by atoms with van der Waals surface area (Å²) in [6.45, 7) is 0. The first kappa shape index (κ1) is 9.71. The minimum atomic E-state index is -0.849.